The van der Waals surface area contributed by atoms with Crippen LogP contribution >= 0.6 is 0 Å². The zero-order valence-electron chi connectivity index (χ0n) is 5.46. The standard InChI is InChI=1S/C8H9N/c1-7-3-5-8(9-2)6-4-7/h3-6H,2H2,1H3. The predicted octanol–water partition coefficient (Wildman–Crippen LogP) is 2.33. The van der Waals surface area contributed by atoms with Crippen LogP contribution in [0.2, 0.25) is 0 Å². The Hall–Kier alpha value is -1.11. The van der Waals surface area contributed by atoms with E-state index in [9.17, 15) is 0 Å². The first kappa shape index (κ1) is 6.02. The van der Waals surface area contributed by atoms with Gasteiger partial charge in [0.2, 0.25) is 0 Å². The number of aliphatic imine (C=N–C) groups is 1. The molecule has 0 heterocycles. The highest BCUT2D eigenvalue weighted by Crippen LogP contribution is 2.10. The summed E-state index contributed by atoms with van der Waals surface area (Å²) >= 11 is 0. The second kappa shape index (κ2) is 2.44. The first-order valence-corrected chi connectivity index (χ1v) is 2.86. The first-order chi connectivity index (χ1) is 4.33. The molecule has 0 saturated heterocycles. The Kier molecular flexibility index (Phi) is 1.63. The van der Waals surface area contributed by atoms with Gasteiger partial charge in [0, 0.05) is 0 Å². The Labute approximate surface area is 55.1 Å². The molecule has 1 aromatic carbocycles. The third-order valence-electron chi connectivity index (χ3n) is 1.22. The molecule has 0 saturated carbocycles. The summed E-state index contributed by atoms with van der Waals surface area (Å²) in [5.41, 5.74) is 2.18. The molecule has 0 unspecified atom stereocenters. The summed E-state index contributed by atoms with van der Waals surface area (Å²) in [6.07, 6.45) is 0. The van der Waals surface area contributed by atoms with E-state index in [0.717, 1.165) is 5.69 Å². The van der Waals surface area contributed by atoms with E-state index < -0.39 is 0 Å². The normalized spacial score (nSPS) is 9.00. The molecule has 0 radical (unpaired) electrons. The van der Waals surface area contributed by atoms with E-state index in [4.69, 9.17) is 0 Å². The van der Waals surface area contributed by atoms with Crippen molar-refractivity contribution in [1.29, 1.82) is 0 Å². The lowest BCUT2D eigenvalue weighted by Gasteiger charge is -1.90. The van der Waals surface area contributed by atoms with Gasteiger partial charge in [-0.05, 0) is 25.8 Å². The Morgan fingerprint density at radius 3 is 2.22 bits per heavy atom. The van der Waals surface area contributed by atoms with Gasteiger partial charge >= 0.3 is 0 Å². The van der Waals surface area contributed by atoms with E-state index in [1.807, 2.05) is 31.2 Å². The predicted molar refractivity (Wildman–Crippen MR) is 40.4 cm³/mol. The highest BCUT2D eigenvalue weighted by molar-refractivity contribution is 5.45. The topological polar surface area (TPSA) is 12.4 Å². The SMILES string of the molecule is C=Nc1ccc(C)cc1. The molecular formula is C8H9N. The number of rotatable bonds is 1. The van der Waals surface area contributed by atoms with Crippen LogP contribution in [0.15, 0.2) is 29.3 Å². The maximum atomic E-state index is 3.76. The van der Waals surface area contributed by atoms with Gasteiger partial charge in [-0.1, -0.05) is 17.7 Å². The number of aryl methyl sites for hydroxylation is 1. The van der Waals surface area contributed by atoms with Gasteiger partial charge in [0.05, 0.1) is 5.69 Å². The molecule has 1 aromatic rings. The summed E-state index contributed by atoms with van der Waals surface area (Å²) in [4.78, 5) is 3.76. The quantitative estimate of drug-likeness (QED) is 0.503. The molecule has 0 bridgehead atoms. The van der Waals surface area contributed by atoms with Crippen molar-refractivity contribution in [3.63, 3.8) is 0 Å². The summed E-state index contributed by atoms with van der Waals surface area (Å²) < 4.78 is 0. The van der Waals surface area contributed by atoms with Crippen molar-refractivity contribution in [3.05, 3.63) is 29.8 Å². The van der Waals surface area contributed by atoms with E-state index in [0.29, 0.717) is 0 Å². The van der Waals surface area contributed by atoms with Crippen LogP contribution in [0.4, 0.5) is 5.69 Å². The molecule has 9 heavy (non-hydrogen) atoms. The number of hydrogen-bond acceptors (Lipinski definition) is 1. The molecule has 0 aliphatic rings. The minimum absolute atomic E-state index is 0.931. The summed E-state index contributed by atoms with van der Waals surface area (Å²) in [6, 6.07) is 7.93. The zero-order chi connectivity index (χ0) is 6.69. The van der Waals surface area contributed by atoms with E-state index in [1.165, 1.54) is 5.56 Å². The van der Waals surface area contributed by atoms with Crippen molar-refractivity contribution in [2.75, 3.05) is 0 Å². The smallest absolute Gasteiger partial charge is 0.0622 e. The Balaban J connectivity index is 3.01. The Morgan fingerprint density at radius 1 is 1.22 bits per heavy atom. The van der Waals surface area contributed by atoms with Crippen LogP contribution in [-0.4, -0.2) is 6.72 Å². The van der Waals surface area contributed by atoms with Crippen LogP contribution in [0.25, 0.3) is 0 Å². The molecular weight excluding hydrogens is 110 g/mol. The summed E-state index contributed by atoms with van der Waals surface area (Å²) in [5, 5.41) is 0. The fourth-order valence-corrected chi connectivity index (χ4v) is 0.650. The van der Waals surface area contributed by atoms with E-state index in [2.05, 4.69) is 11.7 Å². The lowest BCUT2D eigenvalue weighted by Crippen LogP contribution is -1.66. The van der Waals surface area contributed by atoms with Crippen LogP contribution in [-0.2, 0) is 0 Å². The minimum Gasteiger partial charge on any atom is -0.265 e. The lowest BCUT2D eigenvalue weighted by atomic mass is 10.2. The van der Waals surface area contributed by atoms with Crippen molar-refractivity contribution in [2.24, 2.45) is 4.99 Å². The maximum absolute atomic E-state index is 3.76. The van der Waals surface area contributed by atoms with Gasteiger partial charge < -0.3 is 0 Å². The van der Waals surface area contributed by atoms with Crippen LogP contribution in [0.3, 0.4) is 0 Å². The molecule has 0 spiro atoms. The molecule has 0 aromatic heterocycles. The Morgan fingerprint density at radius 2 is 1.78 bits per heavy atom. The molecule has 0 aliphatic heterocycles. The fourth-order valence-electron chi connectivity index (χ4n) is 0.650. The molecule has 0 fully saturated rings. The molecule has 1 rings (SSSR count). The molecule has 0 amide bonds. The van der Waals surface area contributed by atoms with E-state index in [1.54, 1.807) is 0 Å². The van der Waals surface area contributed by atoms with E-state index in [-0.39, 0.29) is 0 Å². The number of benzene rings is 1. The van der Waals surface area contributed by atoms with Gasteiger partial charge in [0.15, 0.2) is 0 Å². The second-order valence-electron chi connectivity index (χ2n) is 1.99. The Bertz CT molecular complexity index is 198. The lowest BCUT2D eigenvalue weighted by molar-refractivity contribution is 1.44. The van der Waals surface area contributed by atoms with Crippen molar-refractivity contribution in [3.8, 4) is 0 Å². The largest absolute Gasteiger partial charge is 0.265 e. The summed E-state index contributed by atoms with van der Waals surface area (Å²) in [5.74, 6) is 0. The van der Waals surface area contributed by atoms with E-state index >= 15 is 0 Å². The average Bonchev–Trinajstić information content (AvgIpc) is 1.90. The molecule has 1 nitrogen and oxygen atoms in total. The molecule has 0 aliphatic carbocycles. The monoisotopic (exact) mass is 119 g/mol. The summed E-state index contributed by atoms with van der Waals surface area (Å²) in [7, 11) is 0. The maximum Gasteiger partial charge on any atom is 0.0622 e. The van der Waals surface area contributed by atoms with Gasteiger partial charge in [-0.3, -0.25) is 4.99 Å². The minimum atomic E-state index is 0.931. The van der Waals surface area contributed by atoms with Gasteiger partial charge in [-0.15, -0.1) is 0 Å². The highest BCUT2D eigenvalue weighted by Gasteiger charge is 1.83. The average molecular weight is 119 g/mol. The molecule has 1 heteroatoms. The first-order valence-electron chi connectivity index (χ1n) is 2.86. The van der Waals surface area contributed by atoms with Crippen molar-refractivity contribution in [1.82, 2.24) is 0 Å². The van der Waals surface area contributed by atoms with Crippen molar-refractivity contribution in [2.45, 2.75) is 6.92 Å². The fraction of sp³-hybridized carbons (Fsp3) is 0.125. The third kappa shape index (κ3) is 1.39. The van der Waals surface area contributed by atoms with Gasteiger partial charge in [0.25, 0.3) is 0 Å². The molecule has 0 N–H and O–H groups in total. The van der Waals surface area contributed by atoms with Crippen molar-refractivity contribution >= 4 is 12.4 Å². The molecule has 46 valence electrons. The highest BCUT2D eigenvalue weighted by atomic mass is 14.7. The van der Waals surface area contributed by atoms with Crippen LogP contribution in [0.5, 0.6) is 0 Å². The second-order valence-corrected chi connectivity index (χ2v) is 1.99. The number of nitrogens with zero attached hydrogens (tertiary/aromatic N) is 1. The number of hydrogen-bond donors (Lipinski definition) is 0. The zero-order valence-corrected chi connectivity index (χ0v) is 5.46. The molecule has 0 atom stereocenters. The van der Waals surface area contributed by atoms with Crippen LogP contribution < -0.4 is 0 Å². The van der Waals surface area contributed by atoms with Gasteiger partial charge in [0.1, 0.15) is 0 Å². The van der Waals surface area contributed by atoms with Crippen molar-refractivity contribution < 1.29 is 0 Å². The third-order valence-corrected chi connectivity index (χ3v) is 1.22. The summed E-state index contributed by atoms with van der Waals surface area (Å²) in [6.45, 7) is 5.46. The van der Waals surface area contributed by atoms with Crippen LogP contribution in [0.1, 0.15) is 5.56 Å². The van der Waals surface area contributed by atoms with Crippen LogP contribution in [0, 0.1) is 6.92 Å². The van der Waals surface area contributed by atoms with Gasteiger partial charge in [-0.2, -0.15) is 0 Å². The van der Waals surface area contributed by atoms with Gasteiger partial charge in [-0.25, -0.2) is 0 Å².